The maximum Gasteiger partial charge on any atom is 0.227 e. The predicted molar refractivity (Wildman–Crippen MR) is 167 cm³/mol. The molecule has 6 aliphatic rings. The summed E-state index contributed by atoms with van der Waals surface area (Å²) < 4.78 is 6.39. The van der Waals surface area contributed by atoms with Gasteiger partial charge in [-0.15, -0.1) is 0 Å². The van der Waals surface area contributed by atoms with E-state index >= 15 is 0 Å². The molecule has 2 aliphatic carbocycles. The highest BCUT2D eigenvalue weighted by Crippen LogP contribution is 2.65. The van der Waals surface area contributed by atoms with Crippen molar-refractivity contribution >= 4 is 17.4 Å². The molecule has 0 aromatic heterocycles. The van der Waals surface area contributed by atoms with Crippen LogP contribution in [0.4, 0.5) is 5.69 Å². The largest absolute Gasteiger partial charge is 0.380 e. The van der Waals surface area contributed by atoms with E-state index in [0.29, 0.717) is 31.5 Å². The van der Waals surface area contributed by atoms with E-state index in [2.05, 4.69) is 53.2 Å². The van der Waals surface area contributed by atoms with Crippen molar-refractivity contribution in [2.75, 3.05) is 44.3 Å². The Balaban J connectivity index is 1.19. The number of amides is 1. The number of benzene rings is 1. The first-order valence-corrected chi connectivity index (χ1v) is 17.4. The summed E-state index contributed by atoms with van der Waals surface area (Å²) in [7, 11) is 0. The monoisotopic (exact) mass is 575 g/mol. The fourth-order valence-corrected chi connectivity index (χ4v) is 11.1. The molecule has 2 spiro atoms. The van der Waals surface area contributed by atoms with Crippen LogP contribution in [0, 0.1) is 22.7 Å². The van der Waals surface area contributed by atoms with Gasteiger partial charge in [0.1, 0.15) is 5.78 Å². The first-order valence-electron chi connectivity index (χ1n) is 17.4. The number of carbonyl (C=O) groups is 2. The van der Waals surface area contributed by atoms with Crippen LogP contribution in [0.3, 0.4) is 0 Å². The number of nitrogens with one attached hydrogen (secondary N) is 1. The van der Waals surface area contributed by atoms with Gasteiger partial charge in [0.15, 0.2) is 0 Å². The Hall–Kier alpha value is -1.92. The van der Waals surface area contributed by atoms with Crippen LogP contribution in [0.5, 0.6) is 0 Å². The SMILES string of the molecule is CC(C)C1CCCN1C1CCN(c2ccc(C3(C4CCCCC45CCCC5=O)COCCC34CCNC4=O)cc2)CC1. The lowest BCUT2D eigenvalue weighted by atomic mass is 9.44. The van der Waals surface area contributed by atoms with Crippen molar-refractivity contribution in [1.29, 1.82) is 0 Å². The fraction of sp³-hybridized carbons (Fsp3) is 0.778. The number of Topliss-reactive ketones (excluding diaryl/α,β-unsaturated/α-hetero) is 1. The molecule has 1 aromatic carbocycles. The average molecular weight is 576 g/mol. The number of ether oxygens (including phenoxy) is 1. The molecule has 4 heterocycles. The lowest BCUT2D eigenvalue weighted by Crippen LogP contribution is -2.64. The standard InChI is InChI=1S/C36H53N3O3/c1-26(2)30-7-6-21-39(30)29-14-22-38(23-15-29)28-12-10-27(11-13-28)36(25-42-24-19-35(36)18-20-37-33(35)41)31-8-3-4-16-34(31)17-5-9-32(34)40/h10-13,26,29-31H,3-9,14-25H2,1-2H3,(H,37,41). The molecule has 230 valence electrons. The zero-order valence-corrected chi connectivity index (χ0v) is 26.2. The van der Waals surface area contributed by atoms with E-state index in [1.807, 2.05) is 0 Å². The minimum Gasteiger partial charge on any atom is -0.380 e. The highest BCUT2D eigenvalue weighted by atomic mass is 16.5. The molecule has 5 unspecified atom stereocenters. The molecular formula is C36H53N3O3. The summed E-state index contributed by atoms with van der Waals surface area (Å²) in [5.41, 5.74) is 1.29. The average Bonchev–Trinajstić information content (AvgIpc) is 3.75. The summed E-state index contributed by atoms with van der Waals surface area (Å²) in [6.45, 7) is 10.2. The molecule has 1 aromatic rings. The van der Waals surface area contributed by atoms with Crippen LogP contribution >= 0.6 is 0 Å². The number of anilines is 1. The van der Waals surface area contributed by atoms with E-state index in [9.17, 15) is 9.59 Å². The number of nitrogens with zero attached hydrogens (tertiary/aromatic N) is 2. The van der Waals surface area contributed by atoms with Crippen LogP contribution in [0.2, 0.25) is 0 Å². The van der Waals surface area contributed by atoms with Crippen molar-refractivity contribution < 1.29 is 14.3 Å². The van der Waals surface area contributed by atoms with Gasteiger partial charge in [-0.3, -0.25) is 14.5 Å². The van der Waals surface area contributed by atoms with Crippen molar-refractivity contribution in [3.63, 3.8) is 0 Å². The van der Waals surface area contributed by atoms with E-state index in [4.69, 9.17) is 4.74 Å². The predicted octanol–water partition coefficient (Wildman–Crippen LogP) is 5.87. The van der Waals surface area contributed by atoms with Gasteiger partial charge in [-0.2, -0.15) is 0 Å². The van der Waals surface area contributed by atoms with Crippen LogP contribution in [0.25, 0.3) is 0 Å². The van der Waals surface area contributed by atoms with Crippen molar-refractivity contribution in [2.24, 2.45) is 22.7 Å². The number of rotatable bonds is 5. The van der Waals surface area contributed by atoms with Gasteiger partial charge in [-0.1, -0.05) is 38.8 Å². The van der Waals surface area contributed by atoms with E-state index < -0.39 is 10.8 Å². The first-order chi connectivity index (χ1) is 20.4. The number of likely N-dealkylation sites (tertiary alicyclic amines) is 1. The Morgan fingerprint density at radius 2 is 1.67 bits per heavy atom. The van der Waals surface area contributed by atoms with E-state index in [0.717, 1.165) is 83.0 Å². The maximum atomic E-state index is 13.9. The van der Waals surface area contributed by atoms with Gasteiger partial charge in [0, 0.05) is 61.3 Å². The van der Waals surface area contributed by atoms with Crippen LogP contribution in [0.1, 0.15) is 103 Å². The Bertz CT molecular complexity index is 1160. The van der Waals surface area contributed by atoms with Crippen LogP contribution in [-0.4, -0.2) is 68.1 Å². The van der Waals surface area contributed by atoms with Gasteiger partial charge in [-0.25, -0.2) is 0 Å². The molecule has 5 atom stereocenters. The molecule has 42 heavy (non-hydrogen) atoms. The zero-order valence-electron chi connectivity index (χ0n) is 26.2. The molecule has 6 fully saturated rings. The summed E-state index contributed by atoms with van der Waals surface area (Å²) in [5, 5.41) is 3.24. The molecule has 7 rings (SSSR count). The number of piperidine rings is 1. The van der Waals surface area contributed by atoms with Gasteiger partial charge in [0.05, 0.1) is 12.0 Å². The molecule has 0 bridgehead atoms. The van der Waals surface area contributed by atoms with Crippen molar-refractivity contribution in [3.8, 4) is 0 Å². The summed E-state index contributed by atoms with van der Waals surface area (Å²) in [6, 6.07) is 10.8. The van der Waals surface area contributed by atoms with Crippen LogP contribution < -0.4 is 10.2 Å². The second kappa shape index (κ2) is 11.2. The maximum absolute atomic E-state index is 13.9. The van der Waals surface area contributed by atoms with Crippen molar-refractivity contribution in [3.05, 3.63) is 29.8 Å². The first kappa shape index (κ1) is 28.8. The van der Waals surface area contributed by atoms with E-state index in [-0.39, 0.29) is 17.2 Å². The molecule has 1 N–H and O–H groups in total. The van der Waals surface area contributed by atoms with Gasteiger partial charge < -0.3 is 15.0 Å². The Morgan fingerprint density at radius 1 is 0.881 bits per heavy atom. The molecule has 4 saturated heterocycles. The second-order valence-corrected chi connectivity index (χ2v) is 15.0. The fourth-order valence-electron chi connectivity index (χ4n) is 11.1. The smallest absolute Gasteiger partial charge is 0.227 e. The zero-order chi connectivity index (χ0) is 29.0. The number of carbonyl (C=O) groups excluding carboxylic acids is 2. The third-order valence-electron chi connectivity index (χ3n) is 13.1. The Morgan fingerprint density at radius 3 is 2.36 bits per heavy atom. The van der Waals surface area contributed by atoms with E-state index in [1.54, 1.807) is 0 Å². The Kier molecular flexibility index (Phi) is 7.70. The lowest BCUT2D eigenvalue weighted by Gasteiger charge is -2.59. The quantitative estimate of drug-likeness (QED) is 0.476. The van der Waals surface area contributed by atoms with Crippen molar-refractivity contribution in [1.82, 2.24) is 10.2 Å². The number of hydrogen-bond acceptors (Lipinski definition) is 5. The highest BCUT2D eigenvalue weighted by Gasteiger charge is 2.68. The van der Waals surface area contributed by atoms with Gasteiger partial charge >= 0.3 is 0 Å². The number of hydrogen-bond donors (Lipinski definition) is 1. The molecular weight excluding hydrogens is 522 g/mol. The minimum atomic E-state index is -0.494. The third kappa shape index (κ3) is 4.32. The minimum absolute atomic E-state index is 0.161. The second-order valence-electron chi connectivity index (χ2n) is 15.0. The highest BCUT2D eigenvalue weighted by molar-refractivity contribution is 5.90. The van der Waals surface area contributed by atoms with Gasteiger partial charge in [0.25, 0.3) is 0 Å². The summed E-state index contributed by atoms with van der Waals surface area (Å²) in [4.78, 5) is 33.1. The topological polar surface area (TPSA) is 61.9 Å². The summed E-state index contributed by atoms with van der Waals surface area (Å²) >= 11 is 0. The molecule has 2 saturated carbocycles. The summed E-state index contributed by atoms with van der Waals surface area (Å²) in [5.74, 6) is 1.56. The molecule has 6 nitrogen and oxygen atoms in total. The molecule has 1 amide bonds. The lowest BCUT2D eigenvalue weighted by molar-refractivity contribution is -0.163. The van der Waals surface area contributed by atoms with Gasteiger partial charge in [-0.05, 0) is 100 Å². The molecule has 0 radical (unpaired) electrons. The van der Waals surface area contributed by atoms with Crippen LogP contribution in [0.15, 0.2) is 24.3 Å². The Labute approximate surface area is 253 Å². The molecule has 6 heteroatoms. The number of ketones is 1. The normalized spacial score (nSPS) is 38.3. The van der Waals surface area contributed by atoms with Crippen LogP contribution in [-0.2, 0) is 19.7 Å². The van der Waals surface area contributed by atoms with E-state index in [1.165, 1.54) is 43.5 Å². The third-order valence-corrected chi connectivity index (χ3v) is 13.1. The molecule has 4 aliphatic heterocycles. The van der Waals surface area contributed by atoms with Gasteiger partial charge in [0.2, 0.25) is 5.91 Å². The summed E-state index contributed by atoms with van der Waals surface area (Å²) in [6.07, 6.45) is 13.7. The van der Waals surface area contributed by atoms with Crippen molar-refractivity contribution in [2.45, 2.75) is 115 Å².